The van der Waals surface area contributed by atoms with Crippen molar-refractivity contribution in [1.82, 2.24) is 0 Å². The van der Waals surface area contributed by atoms with Crippen molar-refractivity contribution in [1.29, 1.82) is 0 Å². The van der Waals surface area contributed by atoms with E-state index in [0.29, 0.717) is 21.2 Å². The van der Waals surface area contributed by atoms with Gasteiger partial charge >= 0.3 is 0 Å². The summed E-state index contributed by atoms with van der Waals surface area (Å²) in [6.45, 7) is 0. The lowest BCUT2D eigenvalue weighted by Gasteiger charge is -2.28. The van der Waals surface area contributed by atoms with Crippen molar-refractivity contribution in [3.63, 3.8) is 0 Å². The van der Waals surface area contributed by atoms with Crippen molar-refractivity contribution in [3.8, 4) is 0 Å². The minimum atomic E-state index is -3.41. The minimum absolute atomic E-state index is 0.427. The third-order valence-electron chi connectivity index (χ3n) is 3.11. The van der Waals surface area contributed by atoms with Gasteiger partial charge in [0.2, 0.25) is 0 Å². The number of hydrogen-bond donors (Lipinski definition) is 1. The fourth-order valence-electron chi connectivity index (χ4n) is 2.16. The molecular formula is C15H14Cl2O3S. The molecule has 3 nitrogen and oxygen atoms in total. The van der Waals surface area contributed by atoms with Gasteiger partial charge in [0, 0.05) is 16.3 Å². The fourth-order valence-corrected chi connectivity index (χ4v) is 3.51. The van der Waals surface area contributed by atoms with Crippen LogP contribution in [0.4, 0.5) is 0 Å². The molecule has 0 aliphatic carbocycles. The quantitative estimate of drug-likeness (QED) is 0.925. The average molecular weight is 345 g/mol. The van der Waals surface area contributed by atoms with Crippen LogP contribution in [0.15, 0.2) is 48.5 Å². The zero-order chi connectivity index (χ0) is 15.7. The van der Waals surface area contributed by atoms with Crippen LogP contribution >= 0.6 is 23.2 Å². The zero-order valence-corrected chi connectivity index (χ0v) is 13.6. The van der Waals surface area contributed by atoms with Crippen molar-refractivity contribution in [2.24, 2.45) is 0 Å². The van der Waals surface area contributed by atoms with Crippen LogP contribution in [0, 0.1) is 0 Å². The maximum atomic E-state index is 11.7. The van der Waals surface area contributed by atoms with Gasteiger partial charge in [-0.2, -0.15) is 0 Å². The van der Waals surface area contributed by atoms with Crippen LogP contribution in [0.1, 0.15) is 11.1 Å². The molecule has 2 aromatic carbocycles. The summed E-state index contributed by atoms with van der Waals surface area (Å²) in [7, 11) is -3.41. The molecule has 0 aromatic heterocycles. The Hall–Kier alpha value is -1.07. The number of hydrogen-bond acceptors (Lipinski definition) is 3. The van der Waals surface area contributed by atoms with E-state index in [9.17, 15) is 13.5 Å². The third-order valence-corrected chi connectivity index (χ3v) is 4.56. The van der Waals surface area contributed by atoms with Crippen LogP contribution in [-0.4, -0.2) is 25.5 Å². The van der Waals surface area contributed by atoms with Crippen LogP contribution < -0.4 is 0 Å². The van der Waals surface area contributed by atoms with Crippen LogP contribution in [0.3, 0.4) is 0 Å². The normalized spacial score (nSPS) is 12.4. The Morgan fingerprint density at radius 3 is 1.52 bits per heavy atom. The van der Waals surface area contributed by atoms with E-state index in [1.807, 2.05) is 0 Å². The van der Waals surface area contributed by atoms with Crippen molar-refractivity contribution in [2.75, 3.05) is 12.0 Å². The summed E-state index contributed by atoms with van der Waals surface area (Å²) in [5.41, 5.74) is -0.734. The third kappa shape index (κ3) is 3.98. The molecule has 1 N–H and O–H groups in total. The second-order valence-electron chi connectivity index (χ2n) is 4.94. The summed E-state index contributed by atoms with van der Waals surface area (Å²) in [4.78, 5) is 0. The van der Waals surface area contributed by atoms with Gasteiger partial charge in [-0.05, 0) is 35.4 Å². The molecule has 0 saturated carbocycles. The molecule has 0 bridgehead atoms. The first-order valence-corrected chi connectivity index (χ1v) is 8.94. The predicted molar refractivity (Wildman–Crippen MR) is 85.6 cm³/mol. The van der Waals surface area contributed by atoms with Gasteiger partial charge in [-0.3, -0.25) is 0 Å². The molecule has 0 saturated heterocycles. The lowest BCUT2D eigenvalue weighted by molar-refractivity contribution is 0.106. The standard InChI is InChI=1S/C15H14Cl2O3S/c1-21(19,20)10-15(18,11-2-6-13(16)7-3-11)12-4-8-14(17)9-5-12/h2-9,18H,10H2,1H3. The Morgan fingerprint density at radius 2 is 1.24 bits per heavy atom. The summed E-state index contributed by atoms with van der Waals surface area (Å²) in [6, 6.07) is 12.9. The van der Waals surface area contributed by atoms with Gasteiger partial charge in [-0.25, -0.2) is 8.42 Å². The average Bonchev–Trinajstić information content (AvgIpc) is 2.38. The molecule has 0 heterocycles. The Kier molecular flexibility index (Phi) is 4.63. The Balaban J connectivity index is 2.58. The van der Waals surface area contributed by atoms with E-state index < -0.39 is 21.2 Å². The maximum absolute atomic E-state index is 11.7. The first-order valence-electron chi connectivity index (χ1n) is 6.13. The summed E-state index contributed by atoms with van der Waals surface area (Å²) >= 11 is 11.7. The maximum Gasteiger partial charge on any atom is 0.150 e. The van der Waals surface area contributed by atoms with E-state index in [1.165, 1.54) is 0 Å². The molecule has 0 unspecified atom stereocenters. The van der Waals surface area contributed by atoms with Crippen molar-refractivity contribution in [2.45, 2.75) is 5.60 Å². The van der Waals surface area contributed by atoms with Gasteiger partial charge < -0.3 is 5.11 Å². The van der Waals surface area contributed by atoms with E-state index in [4.69, 9.17) is 23.2 Å². The molecule has 2 aromatic rings. The van der Waals surface area contributed by atoms with Crippen molar-refractivity contribution >= 4 is 33.0 Å². The monoisotopic (exact) mass is 344 g/mol. The summed E-state index contributed by atoms with van der Waals surface area (Å²) in [5.74, 6) is -0.427. The Morgan fingerprint density at radius 1 is 0.905 bits per heavy atom. The topological polar surface area (TPSA) is 54.4 Å². The van der Waals surface area contributed by atoms with Crippen molar-refractivity contribution < 1.29 is 13.5 Å². The molecule has 0 fully saturated rings. The lowest BCUT2D eigenvalue weighted by atomic mass is 9.88. The highest BCUT2D eigenvalue weighted by Crippen LogP contribution is 2.32. The van der Waals surface area contributed by atoms with E-state index in [-0.39, 0.29) is 0 Å². The molecule has 0 amide bonds. The van der Waals surface area contributed by atoms with E-state index >= 15 is 0 Å². The van der Waals surface area contributed by atoms with Crippen molar-refractivity contribution in [3.05, 3.63) is 69.7 Å². The lowest BCUT2D eigenvalue weighted by Crippen LogP contribution is -2.35. The smallest absolute Gasteiger partial charge is 0.150 e. The molecule has 0 aliphatic rings. The molecule has 2 rings (SSSR count). The summed E-state index contributed by atoms with van der Waals surface area (Å²) < 4.78 is 23.4. The Labute approximate surface area is 134 Å². The highest BCUT2D eigenvalue weighted by molar-refractivity contribution is 7.90. The van der Waals surface area contributed by atoms with Gasteiger partial charge in [-0.1, -0.05) is 47.5 Å². The SMILES string of the molecule is CS(=O)(=O)CC(O)(c1ccc(Cl)cc1)c1ccc(Cl)cc1. The van der Waals surface area contributed by atoms with Crippen LogP contribution in [0.2, 0.25) is 10.0 Å². The Bertz CT molecular complexity index is 677. The second kappa shape index (κ2) is 5.97. The zero-order valence-electron chi connectivity index (χ0n) is 11.3. The molecule has 112 valence electrons. The molecule has 21 heavy (non-hydrogen) atoms. The van der Waals surface area contributed by atoms with Crippen LogP contribution in [0.25, 0.3) is 0 Å². The first-order chi connectivity index (χ1) is 9.71. The van der Waals surface area contributed by atoms with Gasteiger partial charge in [0.05, 0.1) is 5.75 Å². The highest BCUT2D eigenvalue weighted by Gasteiger charge is 2.35. The molecular weight excluding hydrogens is 331 g/mol. The van der Waals surface area contributed by atoms with Crippen LogP contribution in [0.5, 0.6) is 0 Å². The number of rotatable bonds is 4. The second-order valence-corrected chi connectivity index (χ2v) is 7.96. The molecule has 0 radical (unpaired) electrons. The van der Waals surface area contributed by atoms with E-state index in [2.05, 4.69) is 0 Å². The largest absolute Gasteiger partial charge is 0.379 e. The molecule has 0 spiro atoms. The number of sulfone groups is 1. The number of halogens is 2. The molecule has 6 heteroatoms. The molecule has 0 aliphatic heterocycles. The highest BCUT2D eigenvalue weighted by atomic mass is 35.5. The van der Waals surface area contributed by atoms with Gasteiger partial charge in [-0.15, -0.1) is 0 Å². The fraction of sp³-hybridized carbons (Fsp3) is 0.200. The van der Waals surface area contributed by atoms with Gasteiger partial charge in [0.15, 0.2) is 9.84 Å². The molecule has 0 atom stereocenters. The summed E-state index contributed by atoms with van der Waals surface area (Å²) in [5, 5.41) is 12.0. The summed E-state index contributed by atoms with van der Waals surface area (Å²) in [6.07, 6.45) is 1.09. The van der Waals surface area contributed by atoms with E-state index in [1.54, 1.807) is 48.5 Å². The number of benzene rings is 2. The van der Waals surface area contributed by atoms with Crippen LogP contribution in [-0.2, 0) is 15.4 Å². The van der Waals surface area contributed by atoms with Gasteiger partial charge in [0.25, 0.3) is 0 Å². The minimum Gasteiger partial charge on any atom is -0.379 e. The van der Waals surface area contributed by atoms with Gasteiger partial charge in [0.1, 0.15) is 5.60 Å². The van der Waals surface area contributed by atoms with E-state index in [0.717, 1.165) is 6.26 Å². The predicted octanol–water partition coefficient (Wildman–Crippen LogP) is 3.27. The first kappa shape index (κ1) is 16.3. The number of aliphatic hydroxyl groups is 1.